The average Bonchev–Trinajstić information content (AvgIpc) is 2.79. The standard InChI is InChI=1S/C23H30N4O5S/c1-16(2)24-23(29)26-19-10-6-5-9-18(19)22(28)25-17-11-12-20(32-3)21(15-17)33(30,31)27-13-7-4-8-14-27/h5-6,9-12,15-16H,4,7-8,13-14H2,1-3H3,(H,25,28)(H2,24,26,29). The number of hydrogen-bond acceptors (Lipinski definition) is 5. The fourth-order valence-corrected chi connectivity index (χ4v) is 5.31. The zero-order chi connectivity index (χ0) is 24.0. The van der Waals surface area contributed by atoms with Crippen LogP contribution in [-0.4, -0.2) is 50.9 Å². The third-order valence-corrected chi connectivity index (χ3v) is 7.11. The van der Waals surface area contributed by atoms with E-state index in [0.29, 0.717) is 24.5 Å². The molecule has 1 aliphatic rings. The maximum Gasteiger partial charge on any atom is 0.319 e. The first-order chi connectivity index (χ1) is 15.7. The van der Waals surface area contributed by atoms with Gasteiger partial charge in [0.1, 0.15) is 10.6 Å². The van der Waals surface area contributed by atoms with Crippen LogP contribution in [0.25, 0.3) is 0 Å². The van der Waals surface area contributed by atoms with Crippen LogP contribution >= 0.6 is 0 Å². The van der Waals surface area contributed by atoms with Crippen LogP contribution in [0.5, 0.6) is 5.75 Å². The highest BCUT2D eigenvalue weighted by Crippen LogP contribution is 2.31. The fourth-order valence-electron chi connectivity index (χ4n) is 3.61. The number of rotatable bonds is 7. The number of piperidine rings is 1. The Bertz CT molecular complexity index is 1110. The van der Waals surface area contributed by atoms with Crippen molar-refractivity contribution in [3.8, 4) is 5.75 Å². The van der Waals surface area contributed by atoms with Crippen molar-refractivity contribution >= 4 is 33.3 Å². The average molecular weight is 475 g/mol. The fraction of sp³-hybridized carbons (Fsp3) is 0.391. The van der Waals surface area contributed by atoms with Crippen molar-refractivity contribution in [3.63, 3.8) is 0 Å². The molecule has 178 valence electrons. The first-order valence-electron chi connectivity index (χ1n) is 10.9. The first-order valence-corrected chi connectivity index (χ1v) is 12.3. The number of methoxy groups -OCH3 is 1. The van der Waals surface area contributed by atoms with Gasteiger partial charge in [0.15, 0.2) is 0 Å². The smallest absolute Gasteiger partial charge is 0.319 e. The molecule has 0 radical (unpaired) electrons. The Morgan fingerprint density at radius 1 is 1.00 bits per heavy atom. The highest BCUT2D eigenvalue weighted by molar-refractivity contribution is 7.89. The predicted octanol–water partition coefficient (Wildman–Crippen LogP) is 3.65. The quantitative estimate of drug-likeness (QED) is 0.566. The molecule has 3 N–H and O–H groups in total. The molecular weight excluding hydrogens is 444 g/mol. The lowest BCUT2D eigenvalue weighted by Gasteiger charge is -2.26. The third kappa shape index (κ3) is 6.02. The van der Waals surface area contributed by atoms with Crippen molar-refractivity contribution < 1.29 is 22.7 Å². The van der Waals surface area contributed by atoms with Crippen molar-refractivity contribution in [2.75, 3.05) is 30.8 Å². The van der Waals surface area contributed by atoms with Gasteiger partial charge in [0, 0.05) is 24.8 Å². The van der Waals surface area contributed by atoms with E-state index in [4.69, 9.17) is 4.74 Å². The number of carbonyl (C=O) groups excluding carboxylic acids is 2. The van der Waals surface area contributed by atoms with Gasteiger partial charge in [0.25, 0.3) is 5.91 Å². The molecule has 9 nitrogen and oxygen atoms in total. The van der Waals surface area contributed by atoms with E-state index in [1.807, 2.05) is 13.8 Å². The molecule has 0 aromatic heterocycles. The molecule has 0 saturated carbocycles. The first kappa shape index (κ1) is 24.5. The summed E-state index contributed by atoms with van der Waals surface area (Å²) in [5.74, 6) is -0.270. The molecule has 0 aliphatic carbocycles. The van der Waals surface area contributed by atoms with Crippen LogP contribution in [0.2, 0.25) is 0 Å². The summed E-state index contributed by atoms with van der Waals surface area (Å²) in [5.41, 5.74) is 0.883. The second-order valence-corrected chi connectivity index (χ2v) is 9.99. The monoisotopic (exact) mass is 474 g/mol. The second-order valence-electron chi connectivity index (χ2n) is 8.08. The number of sulfonamides is 1. The van der Waals surface area contributed by atoms with E-state index >= 15 is 0 Å². The Balaban J connectivity index is 1.85. The van der Waals surface area contributed by atoms with Crippen LogP contribution in [0, 0.1) is 0 Å². The van der Waals surface area contributed by atoms with Gasteiger partial charge < -0.3 is 20.7 Å². The van der Waals surface area contributed by atoms with Crippen molar-refractivity contribution in [1.29, 1.82) is 0 Å². The van der Waals surface area contributed by atoms with E-state index in [1.54, 1.807) is 30.3 Å². The number of ether oxygens (including phenoxy) is 1. The van der Waals surface area contributed by atoms with Gasteiger partial charge in [-0.25, -0.2) is 13.2 Å². The molecule has 0 spiro atoms. The Morgan fingerprint density at radius 3 is 2.36 bits per heavy atom. The maximum atomic E-state index is 13.2. The van der Waals surface area contributed by atoms with Gasteiger partial charge in [-0.2, -0.15) is 4.31 Å². The molecule has 3 rings (SSSR count). The molecular formula is C23H30N4O5S. The van der Waals surface area contributed by atoms with Crippen LogP contribution in [0.4, 0.5) is 16.2 Å². The number of amides is 3. The van der Waals surface area contributed by atoms with Crippen molar-refractivity contribution in [1.82, 2.24) is 9.62 Å². The summed E-state index contributed by atoms with van der Waals surface area (Å²) in [4.78, 5) is 25.1. The Morgan fingerprint density at radius 2 is 1.70 bits per heavy atom. The third-order valence-electron chi connectivity index (χ3n) is 5.19. The van der Waals surface area contributed by atoms with Crippen LogP contribution in [0.3, 0.4) is 0 Å². The van der Waals surface area contributed by atoms with Gasteiger partial charge in [0.2, 0.25) is 10.0 Å². The van der Waals surface area contributed by atoms with Crippen LogP contribution in [0.1, 0.15) is 43.5 Å². The van der Waals surface area contributed by atoms with Crippen LogP contribution < -0.4 is 20.7 Å². The van der Waals surface area contributed by atoms with Gasteiger partial charge in [-0.05, 0) is 57.0 Å². The highest BCUT2D eigenvalue weighted by atomic mass is 32.2. The minimum Gasteiger partial charge on any atom is -0.495 e. The van der Waals surface area contributed by atoms with E-state index < -0.39 is 22.0 Å². The summed E-state index contributed by atoms with van der Waals surface area (Å²) in [6, 6.07) is 10.6. The zero-order valence-electron chi connectivity index (χ0n) is 19.1. The Kier molecular flexibility index (Phi) is 7.93. The number of nitrogens with one attached hydrogen (secondary N) is 3. The lowest BCUT2D eigenvalue weighted by molar-refractivity contribution is 0.102. The molecule has 33 heavy (non-hydrogen) atoms. The number of urea groups is 1. The number of hydrogen-bond donors (Lipinski definition) is 3. The Labute approximate surface area is 194 Å². The molecule has 2 aromatic rings. The number of nitrogens with zero attached hydrogens (tertiary/aromatic N) is 1. The summed E-state index contributed by atoms with van der Waals surface area (Å²) < 4.78 is 33.2. The molecule has 0 atom stereocenters. The minimum atomic E-state index is -3.77. The van der Waals surface area contributed by atoms with E-state index in [0.717, 1.165) is 19.3 Å². The summed E-state index contributed by atoms with van der Waals surface area (Å²) in [5, 5.41) is 8.11. The molecule has 2 aromatic carbocycles. The molecule has 0 unspecified atom stereocenters. The summed E-state index contributed by atoms with van der Waals surface area (Å²) in [6.45, 7) is 4.58. The highest BCUT2D eigenvalue weighted by Gasteiger charge is 2.29. The van der Waals surface area contributed by atoms with Crippen molar-refractivity contribution in [2.45, 2.75) is 44.0 Å². The minimum absolute atomic E-state index is 0.00687. The van der Waals surface area contributed by atoms with Crippen LogP contribution in [-0.2, 0) is 10.0 Å². The normalized spacial score (nSPS) is 14.5. The van der Waals surface area contributed by atoms with E-state index in [1.165, 1.54) is 23.5 Å². The van der Waals surface area contributed by atoms with Crippen LogP contribution in [0.15, 0.2) is 47.4 Å². The number of benzene rings is 2. The number of para-hydroxylation sites is 1. The molecule has 1 heterocycles. The van der Waals surface area contributed by atoms with Gasteiger partial charge in [0.05, 0.1) is 18.4 Å². The summed E-state index contributed by atoms with van der Waals surface area (Å²) in [6.07, 6.45) is 2.63. The van der Waals surface area contributed by atoms with Gasteiger partial charge >= 0.3 is 6.03 Å². The van der Waals surface area contributed by atoms with Gasteiger partial charge in [-0.1, -0.05) is 18.6 Å². The molecule has 3 amide bonds. The number of carbonyl (C=O) groups is 2. The predicted molar refractivity (Wildman–Crippen MR) is 127 cm³/mol. The van der Waals surface area contributed by atoms with Gasteiger partial charge in [-0.3, -0.25) is 4.79 Å². The Hall–Kier alpha value is -3.11. The molecule has 10 heteroatoms. The van der Waals surface area contributed by atoms with Gasteiger partial charge in [-0.15, -0.1) is 0 Å². The van der Waals surface area contributed by atoms with Crippen molar-refractivity contribution in [2.24, 2.45) is 0 Å². The lowest BCUT2D eigenvalue weighted by Crippen LogP contribution is -2.35. The van der Waals surface area contributed by atoms with E-state index in [9.17, 15) is 18.0 Å². The summed E-state index contributed by atoms with van der Waals surface area (Å²) >= 11 is 0. The summed E-state index contributed by atoms with van der Waals surface area (Å²) in [7, 11) is -2.36. The SMILES string of the molecule is COc1ccc(NC(=O)c2ccccc2NC(=O)NC(C)C)cc1S(=O)(=O)N1CCCCC1. The molecule has 1 fully saturated rings. The van der Waals surface area contributed by atoms with Crippen molar-refractivity contribution in [3.05, 3.63) is 48.0 Å². The molecule has 1 saturated heterocycles. The van der Waals surface area contributed by atoms with E-state index in [2.05, 4.69) is 16.0 Å². The molecule has 1 aliphatic heterocycles. The maximum absolute atomic E-state index is 13.2. The van der Waals surface area contributed by atoms with E-state index in [-0.39, 0.29) is 22.3 Å². The lowest BCUT2D eigenvalue weighted by atomic mass is 10.1. The second kappa shape index (κ2) is 10.7. The number of anilines is 2. The zero-order valence-corrected chi connectivity index (χ0v) is 19.9. The molecule has 0 bridgehead atoms. The largest absolute Gasteiger partial charge is 0.495 e. The topological polar surface area (TPSA) is 117 Å².